The van der Waals surface area contributed by atoms with E-state index in [9.17, 15) is 10.1 Å². The van der Waals surface area contributed by atoms with Gasteiger partial charge in [-0.15, -0.1) is 0 Å². The first-order valence-electron chi connectivity index (χ1n) is 6.44. The molecule has 0 aliphatic heterocycles. The summed E-state index contributed by atoms with van der Waals surface area (Å²) in [6, 6.07) is 14.2. The normalized spacial score (nSPS) is 10.6. The summed E-state index contributed by atoms with van der Waals surface area (Å²) in [4.78, 5) is 14.9. The quantitative estimate of drug-likeness (QED) is 0.373. The fourth-order valence-corrected chi connectivity index (χ4v) is 2.40. The van der Waals surface area contributed by atoms with Gasteiger partial charge in [-0.3, -0.25) is 10.1 Å². The van der Waals surface area contributed by atoms with Crippen LogP contribution in [0.3, 0.4) is 0 Å². The Morgan fingerprint density at radius 1 is 1.14 bits per heavy atom. The van der Waals surface area contributed by atoms with Crippen molar-refractivity contribution in [1.82, 2.24) is 10.1 Å². The second-order valence-corrected chi connectivity index (χ2v) is 5.83. The van der Waals surface area contributed by atoms with Crippen LogP contribution in [0.2, 0.25) is 0 Å². The van der Waals surface area contributed by atoms with E-state index in [0.717, 1.165) is 9.13 Å². The van der Waals surface area contributed by atoms with Crippen LogP contribution in [0.25, 0.3) is 11.4 Å². The summed E-state index contributed by atoms with van der Waals surface area (Å²) in [5.74, 6) is 0.827. The lowest BCUT2D eigenvalue weighted by molar-refractivity contribution is -0.385. The fourth-order valence-electron chi connectivity index (χ4n) is 2.04. The van der Waals surface area contributed by atoms with E-state index in [0.29, 0.717) is 17.3 Å². The molecule has 0 saturated heterocycles. The molecule has 1 aromatic heterocycles. The molecule has 110 valence electrons. The number of hydrogen-bond donors (Lipinski definition) is 0. The van der Waals surface area contributed by atoms with Gasteiger partial charge in [0, 0.05) is 20.8 Å². The van der Waals surface area contributed by atoms with Crippen molar-refractivity contribution in [3.8, 4) is 11.4 Å². The van der Waals surface area contributed by atoms with E-state index in [2.05, 4.69) is 32.7 Å². The Morgan fingerprint density at radius 3 is 2.59 bits per heavy atom. The maximum Gasteiger partial charge on any atom is 0.273 e. The highest BCUT2D eigenvalue weighted by Gasteiger charge is 2.16. The zero-order valence-electron chi connectivity index (χ0n) is 11.3. The van der Waals surface area contributed by atoms with Gasteiger partial charge in [0.2, 0.25) is 11.7 Å². The Hall–Kier alpha value is -2.29. The Morgan fingerprint density at radius 2 is 1.86 bits per heavy atom. The first-order valence-corrected chi connectivity index (χ1v) is 7.52. The molecule has 0 amide bonds. The molecular formula is C15H10IN3O3. The molecule has 0 fully saturated rings. The topological polar surface area (TPSA) is 82.1 Å². The Labute approximate surface area is 139 Å². The second kappa shape index (κ2) is 6.22. The number of aromatic nitrogens is 2. The average molecular weight is 407 g/mol. The molecule has 0 unspecified atom stereocenters. The minimum absolute atomic E-state index is 0.0523. The van der Waals surface area contributed by atoms with Crippen LogP contribution in [0.5, 0.6) is 0 Å². The number of hydrogen-bond acceptors (Lipinski definition) is 5. The van der Waals surface area contributed by atoms with Crippen molar-refractivity contribution in [2.75, 3.05) is 0 Å². The molecule has 7 heteroatoms. The van der Waals surface area contributed by atoms with Crippen LogP contribution in [0.4, 0.5) is 5.69 Å². The van der Waals surface area contributed by atoms with Crippen LogP contribution in [-0.2, 0) is 6.42 Å². The van der Waals surface area contributed by atoms with E-state index < -0.39 is 4.92 Å². The largest absolute Gasteiger partial charge is 0.339 e. The number of nitro benzene ring substituents is 1. The molecule has 2 aromatic carbocycles. The van der Waals surface area contributed by atoms with E-state index >= 15 is 0 Å². The third-order valence-corrected chi connectivity index (χ3v) is 3.82. The van der Waals surface area contributed by atoms with Crippen molar-refractivity contribution in [2.24, 2.45) is 0 Å². The maximum atomic E-state index is 11.0. The minimum Gasteiger partial charge on any atom is -0.339 e. The predicted molar refractivity (Wildman–Crippen MR) is 88.4 cm³/mol. The SMILES string of the molecule is O=[N+]([O-])c1ccccc1Cc1nc(-c2ccc(I)cc2)no1. The summed E-state index contributed by atoms with van der Waals surface area (Å²) in [5.41, 5.74) is 1.44. The zero-order chi connectivity index (χ0) is 15.5. The minimum atomic E-state index is -0.411. The van der Waals surface area contributed by atoms with Gasteiger partial charge in [0.25, 0.3) is 5.69 Å². The Balaban J connectivity index is 1.86. The van der Waals surface area contributed by atoms with Gasteiger partial charge in [0.1, 0.15) is 0 Å². The van der Waals surface area contributed by atoms with Crippen molar-refractivity contribution >= 4 is 28.3 Å². The molecule has 0 atom stereocenters. The van der Waals surface area contributed by atoms with E-state index in [1.54, 1.807) is 18.2 Å². The van der Waals surface area contributed by atoms with Crippen molar-refractivity contribution in [2.45, 2.75) is 6.42 Å². The Kier molecular flexibility index (Phi) is 4.14. The molecule has 0 bridgehead atoms. The summed E-state index contributed by atoms with van der Waals surface area (Å²) in [7, 11) is 0. The second-order valence-electron chi connectivity index (χ2n) is 4.58. The van der Waals surface area contributed by atoms with Gasteiger partial charge < -0.3 is 4.52 Å². The van der Waals surface area contributed by atoms with Gasteiger partial charge in [-0.2, -0.15) is 4.98 Å². The van der Waals surface area contributed by atoms with Gasteiger partial charge in [-0.25, -0.2) is 0 Å². The van der Waals surface area contributed by atoms with Gasteiger partial charge in [0.15, 0.2) is 0 Å². The molecule has 3 rings (SSSR count). The fraction of sp³-hybridized carbons (Fsp3) is 0.0667. The third kappa shape index (κ3) is 3.14. The predicted octanol–water partition coefficient (Wildman–Crippen LogP) is 3.84. The monoisotopic (exact) mass is 407 g/mol. The number of nitro groups is 1. The summed E-state index contributed by atoms with van der Waals surface area (Å²) in [5, 5.41) is 14.9. The molecule has 0 aliphatic carbocycles. The maximum absolute atomic E-state index is 11.0. The van der Waals surface area contributed by atoms with Gasteiger partial charge in [-0.1, -0.05) is 35.5 Å². The highest BCUT2D eigenvalue weighted by atomic mass is 127. The molecule has 0 aliphatic rings. The van der Waals surface area contributed by atoms with E-state index in [1.807, 2.05) is 24.3 Å². The summed E-state index contributed by atoms with van der Waals surface area (Å²) < 4.78 is 6.32. The Bertz CT molecular complexity index is 815. The van der Waals surface area contributed by atoms with E-state index in [4.69, 9.17) is 4.52 Å². The highest BCUT2D eigenvalue weighted by Crippen LogP contribution is 2.22. The van der Waals surface area contributed by atoms with Crippen LogP contribution in [0.1, 0.15) is 11.5 Å². The van der Waals surface area contributed by atoms with Crippen LogP contribution in [0, 0.1) is 13.7 Å². The molecule has 0 radical (unpaired) electrons. The number of halogens is 1. The molecule has 0 spiro atoms. The van der Waals surface area contributed by atoms with Crippen LogP contribution in [-0.4, -0.2) is 15.1 Å². The van der Waals surface area contributed by atoms with E-state index in [-0.39, 0.29) is 12.1 Å². The first kappa shape index (κ1) is 14.6. The molecule has 22 heavy (non-hydrogen) atoms. The summed E-state index contributed by atoms with van der Waals surface area (Å²) in [6.45, 7) is 0. The molecule has 3 aromatic rings. The first-order chi connectivity index (χ1) is 10.6. The van der Waals surface area contributed by atoms with Crippen molar-refractivity contribution in [3.05, 3.63) is 73.7 Å². The van der Waals surface area contributed by atoms with Crippen molar-refractivity contribution in [3.63, 3.8) is 0 Å². The van der Waals surface area contributed by atoms with Gasteiger partial charge in [0.05, 0.1) is 11.3 Å². The summed E-state index contributed by atoms with van der Waals surface area (Å²) in [6.07, 6.45) is 0.231. The third-order valence-electron chi connectivity index (χ3n) is 3.10. The molecule has 0 saturated carbocycles. The molecule has 0 N–H and O–H groups in total. The van der Waals surface area contributed by atoms with E-state index in [1.165, 1.54) is 6.07 Å². The number of rotatable bonds is 4. The summed E-state index contributed by atoms with van der Waals surface area (Å²) >= 11 is 2.22. The molecule has 6 nitrogen and oxygen atoms in total. The standard InChI is InChI=1S/C15H10IN3O3/c16-12-7-5-10(6-8-12)15-17-14(22-18-15)9-11-3-1-2-4-13(11)19(20)21/h1-8H,9H2. The zero-order valence-corrected chi connectivity index (χ0v) is 13.4. The van der Waals surface area contributed by atoms with Gasteiger partial charge >= 0.3 is 0 Å². The lowest BCUT2D eigenvalue weighted by atomic mass is 10.1. The number of nitrogens with zero attached hydrogens (tertiary/aromatic N) is 3. The van der Waals surface area contributed by atoms with Crippen molar-refractivity contribution < 1.29 is 9.45 Å². The molecular weight excluding hydrogens is 397 g/mol. The average Bonchev–Trinajstić information content (AvgIpc) is 2.97. The number of benzene rings is 2. The number of para-hydroxylation sites is 1. The lowest BCUT2D eigenvalue weighted by Gasteiger charge is -1.98. The van der Waals surface area contributed by atoms with Crippen LogP contribution < -0.4 is 0 Å². The smallest absolute Gasteiger partial charge is 0.273 e. The molecule has 1 heterocycles. The van der Waals surface area contributed by atoms with Gasteiger partial charge in [-0.05, 0) is 34.7 Å². The highest BCUT2D eigenvalue weighted by molar-refractivity contribution is 14.1. The van der Waals surface area contributed by atoms with Crippen molar-refractivity contribution in [1.29, 1.82) is 0 Å². The van der Waals surface area contributed by atoms with Crippen LogP contribution >= 0.6 is 22.6 Å². The lowest BCUT2D eigenvalue weighted by Crippen LogP contribution is -1.96. The van der Waals surface area contributed by atoms with Crippen LogP contribution in [0.15, 0.2) is 53.1 Å².